The topological polar surface area (TPSA) is 96.4 Å². The molecule has 1 aliphatic heterocycles. The molecule has 0 saturated heterocycles. The van der Waals surface area contributed by atoms with E-state index >= 15 is 0 Å². The quantitative estimate of drug-likeness (QED) is 0.689. The third-order valence-electron chi connectivity index (χ3n) is 6.08. The molecule has 0 unspecified atom stereocenters. The first kappa shape index (κ1) is 25.0. The number of fused-ring (bicyclic) bond motifs is 1. The molecular formula is C24H32N2O6S. The van der Waals surface area contributed by atoms with Crippen LogP contribution < -0.4 is 9.47 Å². The molecule has 8 nitrogen and oxygen atoms in total. The van der Waals surface area contributed by atoms with Gasteiger partial charge in [0.25, 0.3) is 0 Å². The van der Waals surface area contributed by atoms with Gasteiger partial charge in [0.2, 0.25) is 15.9 Å². The maximum absolute atomic E-state index is 13.5. The number of hydrogen-bond donors (Lipinski definition) is 1. The maximum Gasteiger partial charge on any atom is 0.247 e. The van der Waals surface area contributed by atoms with Crippen molar-refractivity contribution >= 4 is 15.9 Å². The van der Waals surface area contributed by atoms with Gasteiger partial charge < -0.3 is 19.5 Å². The number of hydrogen-bond acceptors (Lipinski definition) is 6. The van der Waals surface area contributed by atoms with Gasteiger partial charge in [-0.05, 0) is 42.3 Å². The first-order chi connectivity index (χ1) is 15.6. The van der Waals surface area contributed by atoms with Gasteiger partial charge in [-0.3, -0.25) is 4.79 Å². The molecule has 1 N–H and O–H groups in total. The molecule has 2 aromatic rings. The van der Waals surface area contributed by atoms with Crippen LogP contribution >= 0.6 is 0 Å². The van der Waals surface area contributed by atoms with Crippen LogP contribution in [0.1, 0.15) is 20.8 Å². The van der Waals surface area contributed by atoms with E-state index in [0.717, 1.165) is 16.9 Å². The fourth-order valence-corrected chi connectivity index (χ4v) is 5.63. The van der Waals surface area contributed by atoms with E-state index in [1.165, 1.54) is 11.2 Å². The van der Waals surface area contributed by atoms with Crippen molar-refractivity contribution in [3.8, 4) is 22.6 Å². The largest absolute Gasteiger partial charge is 0.497 e. The van der Waals surface area contributed by atoms with Crippen molar-refractivity contribution in [2.45, 2.75) is 37.8 Å². The number of aliphatic hydroxyl groups is 1. The van der Waals surface area contributed by atoms with Gasteiger partial charge >= 0.3 is 0 Å². The van der Waals surface area contributed by atoms with Crippen LogP contribution in [0, 0.1) is 5.92 Å². The predicted molar refractivity (Wildman–Crippen MR) is 126 cm³/mol. The lowest BCUT2D eigenvalue weighted by Crippen LogP contribution is -2.50. The lowest BCUT2D eigenvalue weighted by molar-refractivity contribution is -0.129. The zero-order chi connectivity index (χ0) is 24.3. The fourth-order valence-electron chi connectivity index (χ4n) is 3.80. The Morgan fingerprint density at radius 2 is 1.88 bits per heavy atom. The molecule has 0 saturated carbocycles. The van der Waals surface area contributed by atoms with E-state index in [1.54, 1.807) is 44.2 Å². The van der Waals surface area contributed by atoms with E-state index in [1.807, 2.05) is 31.2 Å². The van der Waals surface area contributed by atoms with Crippen molar-refractivity contribution < 1.29 is 27.8 Å². The van der Waals surface area contributed by atoms with Crippen molar-refractivity contribution in [1.29, 1.82) is 0 Å². The Kier molecular flexibility index (Phi) is 7.66. The molecule has 180 valence electrons. The van der Waals surface area contributed by atoms with Crippen LogP contribution in [0.25, 0.3) is 11.1 Å². The molecule has 1 amide bonds. The van der Waals surface area contributed by atoms with Gasteiger partial charge in [0, 0.05) is 32.5 Å². The molecule has 0 spiro atoms. The Morgan fingerprint density at radius 3 is 2.45 bits per heavy atom. The van der Waals surface area contributed by atoms with Crippen LogP contribution in [0.15, 0.2) is 47.4 Å². The summed E-state index contributed by atoms with van der Waals surface area (Å²) in [7, 11) is -0.631. The molecule has 0 radical (unpaired) electrons. The first-order valence-corrected chi connectivity index (χ1v) is 12.3. The van der Waals surface area contributed by atoms with Crippen LogP contribution in [-0.4, -0.2) is 74.6 Å². The molecule has 0 fully saturated rings. The highest BCUT2D eigenvalue weighted by Gasteiger charge is 2.38. The van der Waals surface area contributed by atoms with E-state index in [9.17, 15) is 18.3 Å². The Balaban J connectivity index is 2.12. The summed E-state index contributed by atoms with van der Waals surface area (Å²) >= 11 is 0. The molecule has 33 heavy (non-hydrogen) atoms. The van der Waals surface area contributed by atoms with E-state index in [4.69, 9.17) is 9.47 Å². The highest BCUT2D eigenvalue weighted by atomic mass is 32.2. The zero-order valence-corrected chi connectivity index (χ0v) is 20.5. The molecule has 0 aromatic heterocycles. The van der Waals surface area contributed by atoms with Gasteiger partial charge in [-0.15, -0.1) is 0 Å². The Hall–Kier alpha value is -2.62. The molecule has 1 aliphatic rings. The number of sulfonamides is 1. The number of carbonyl (C=O) groups excluding carboxylic acids is 1. The average molecular weight is 477 g/mol. The van der Waals surface area contributed by atoms with Crippen molar-refractivity contribution in [2.24, 2.45) is 5.92 Å². The van der Waals surface area contributed by atoms with Crippen LogP contribution in [0.3, 0.4) is 0 Å². The molecule has 2 aromatic carbocycles. The average Bonchev–Trinajstić information content (AvgIpc) is 2.80. The van der Waals surface area contributed by atoms with Crippen molar-refractivity contribution in [3.05, 3.63) is 42.5 Å². The maximum atomic E-state index is 13.5. The smallest absolute Gasteiger partial charge is 0.247 e. The molecular weight excluding hydrogens is 444 g/mol. The van der Waals surface area contributed by atoms with Gasteiger partial charge in [-0.1, -0.05) is 25.1 Å². The molecule has 9 heteroatoms. The SMILES string of the molecule is COc1ccc(-c2ccc3c(c2)O[C@@H](CN(C)C(C)=O)[C@H](C)CN([C@@H](C)CO)S3(=O)=O)cc1. The molecule has 0 bridgehead atoms. The fraction of sp³-hybridized carbons (Fsp3) is 0.458. The highest BCUT2D eigenvalue weighted by Crippen LogP contribution is 2.36. The number of nitrogens with zero attached hydrogens (tertiary/aromatic N) is 2. The van der Waals surface area contributed by atoms with Gasteiger partial charge in [-0.25, -0.2) is 8.42 Å². The molecule has 0 aliphatic carbocycles. The number of likely N-dealkylation sites (N-methyl/N-ethyl adjacent to an activating group) is 1. The lowest BCUT2D eigenvalue weighted by Gasteiger charge is -2.37. The molecule has 3 atom stereocenters. The Morgan fingerprint density at radius 1 is 1.24 bits per heavy atom. The second kappa shape index (κ2) is 10.1. The van der Waals surface area contributed by atoms with E-state index in [2.05, 4.69) is 0 Å². The number of amides is 1. The van der Waals surface area contributed by atoms with Crippen LogP contribution in [0.5, 0.6) is 11.5 Å². The summed E-state index contributed by atoms with van der Waals surface area (Å²) in [4.78, 5) is 13.5. The first-order valence-electron chi connectivity index (χ1n) is 10.9. The minimum absolute atomic E-state index is 0.0439. The number of ether oxygens (including phenoxy) is 2. The molecule has 1 heterocycles. The van der Waals surface area contributed by atoms with Gasteiger partial charge in [0.05, 0.1) is 20.3 Å². The Labute approximate surface area is 195 Å². The van der Waals surface area contributed by atoms with E-state index in [-0.39, 0.29) is 35.6 Å². The van der Waals surface area contributed by atoms with Crippen molar-refractivity contribution in [2.75, 3.05) is 33.9 Å². The summed E-state index contributed by atoms with van der Waals surface area (Å²) in [5, 5.41) is 9.73. The molecule has 3 rings (SSSR count). The number of benzene rings is 2. The number of methoxy groups -OCH3 is 1. The summed E-state index contributed by atoms with van der Waals surface area (Å²) in [5.74, 6) is 0.618. The normalized spacial score (nSPS) is 21.2. The number of carbonyl (C=O) groups is 1. The summed E-state index contributed by atoms with van der Waals surface area (Å²) in [6, 6.07) is 11.9. The third-order valence-corrected chi connectivity index (χ3v) is 8.10. The predicted octanol–water partition coefficient (Wildman–Crippen LogP) is 2.61. The van der Waals surface area contributed by atoms with E-state index in [0.29, 0.717) is 6.54 Å². The van der Waals surface area contributed by atoms with Gasteiger partial charge in [-0.2, -0.15) is 4.31 Å². The summed E-state index contributed by atoms with van der Waals surface area (Å²) < 4.78 is 39.9. The second-order valence-corrected chi connectivity index (χ2v) is 10.4. The zero-order valence-electron chi connectivity index (χ0n) is 19.7. The van der Waals surface area contributed by atoms with Gasteiger partial charge in [0.1, 0.15) is 22.5 Å². The number of rotatable bonds is 6. The van der Waals surface area contributed by atoms with Crippen LogP contribution in [0.2, 0.25) is 0 Å². The summed E-state index contributed by atoms with van der Waals surface area (Å²) in [6.45, 7) is 5.22. The minimum Gasteiger partial charge on any atom is -0.497 e. The third kappa shape index (κ3) is 5.31. The van der Waals surface area contributed by atoms with Crippen molar-refractivity contribution in [1.82, 2.24) is 9.21 Å². The van der Waals surface area contributed by atoms with Crippen LogP contribution in [0.4, 0.5) is 0 Å². The highest BCUT2D eigenvalue weighted by molar-refractivity contribution is 7.89. The summed E-state index contributed by atoms with van der Waals surface area (Å²) in [6.07, 6.45) is -0.437. The Bertz CT molecular complexity index is 1090. The summed E-state index contributed by atoms with van der Waals surface area (Å²) in [5.41, 5.74) is 1.67. The van der Waals surface area contributed by atoms with E-state index < -0.39 is 22.2 Å². The minimum atomic E-state index is -3.92. The monoisotopic (exact) mass is 476 g/mol. The van der Waals surface area contributed by atoms with Crippen molar-refractivity contribution in [3.63, 3.8) is 0 Å². The lowest BCUT2D eigenvalue weighted by atomic mass is 10.0. The second-order valence-electron chi connectivity index (χ2n) is 8.53. The standard InChI is InChI=1S/C24H32N2O6S/c1-16-13-26(17(2)15-27)33(29,30)24-11-8-20(19-6-9-21(31-5)10-7-19)12-22(24)32-23(16)14-25(4)18(3)28/h6-12,16-17,23,27H,13-15H2,1-5H3/t16-,17+,23+/m1/s1. The van der Waals surface area contributed by atoms with Crippen LogP contribution in [-0.2, 0) is 14.8 Å². The van der Waals surface area contributed by atoms with Gasteiger partial charge in [0.15, 0.2) is 0 Å². The number of aliphatic hydroxyl groups excluding tert-OH is 1.